The lowest BCUT2D eigenvalue weighted by molar-refractivity contribution is 0.0622. The molecule has 1 fully saturated rings. The molecule has 1 unspecified atom stereocenters. The fraction of sp³-hybridized carbons (Fsp3) is 0.412. The van der Waals surface area contributed by atoms with Gasteiger partial charge in [-0.05, 0) is 50.5 Å². The summed E-state index contributed by atoms with van der Waals surface area (Å²) in [6, 6.07) is 6.16. The van der Waals surface area contributed by atoms with E-state index in [2.05, 4.69) is 5.10 Å². The highest BCUT2D eigenvalue weighted by Gasteiger charge is 2.28. The summed E-state index contributed by atoms with van der Waals surface area (Å²) in [5.41, 5.74) is 7.87. The Morgan fingerprint density at radius 2 is 2.09 bits per heavy atom. The first-order valence-electron chi connectivity index (χ1n) is 7.93. The van der Waals surface area contributed by atoms with Gasteiger partial charge in [0.25, 0.3) is 5.91 Å². The van der Waals surface area contributed by atoms with E-state index >= 15 is 0 Å². The number of nitrogens with two attached hydrogens (primary N) is 1. The minimum atomic E-state index is -0.297. The van der Waals surface area contributed by atoms with Gasteiger partial charge in [-0.3, -0.25) is 4.79 Å². The maximum Gasteiger partial charge on any atom is 0.257 e. The highest BCUT2D eigenvalue weighted by atomic mass is 19.1. The van der Waals surface area contributed by atoms with Crippen LogP contribution in [0.4, 0.5) is 4.39 Å². The lowest BCUT2D eigenvalue weighted by Gasteiger charge is -2.35. The molecule has 1 atom stereocenters. The van der Waals surface area contributed by atoms with Crippen molar-refractivity contribution < 1.29 is 9.18 Å². The lowest BCUT2D eigenvalue weighted by Crippen LogP contribution is -2.47. The van der Waals surface area contributed by atoms with E-state index in [1.807, 2.05) is 11.8 Å². The Balaban J connectivity index is 1.89. The molecule has 1 aromatic heterocycles. The van der Waals surface area contributed by atoms with E-state index in [0.29, 0.717) is 12.1 Å². The number of halogens is 1. The summed E-state index contributed by atoms with van der Waals surface area (Å²) in [5, 5.41) is 4.30. The molecule has 2 N–H and O–H groups in total. The van der Waals surface area contributed by atoms with Crippen LogP contribution in [0.5, 0.6) is 0 Å². The second-order valence-corrected chi connectivity index (χ2v) is 5.92. The summed E-state index contributed by atoms with van der Waals surface area (Å²) in [7, 11) is 0. The molecule has 2 aromatic rings. The van der Waals surface area contributed by atoms with Crippen molar-refractivity contribution in [3.05, 3.63) is 47.5 Å². The Morgan fingerprint density at radius 3 is 2.78 bits per heavy atom. The summed E-state index contributed by atoms with van der Waals surface area (Å²) in [6.45, 7) is 3.07. The molecule has 1 aliphatic heterocycles. The standard InChI is InChI=1S/C17H21FN4O/c1-12-16(17(23)21-9-3-2-4-15(21)10-19)11-20-22(12)14-7-5-13(18)6-8-14/h5-8,11,15H,2-4,9-10,19H2,1H3. The summed E-state index contributed by atoms with van der Waals surface area (Å²) in [5.74, 6) is -0.319. The fourth-order valence-electron chi connectivity index (χ4n) is 3.13. The van der Waals surface area contributed by atoms with Crippen molar-refractivity contribution in [2.24, 2.45) is 5.73 Å². The maximum absolute atomic E-state index is 13.1. The van der Waals surface area contributed by atoms with Crippen molar-refractivity contribution in [2.75, 3.05) is 13.1 Å². The number of likely N-dealkylation sites (tertiary alicyclic amines) is 1. The van der Waals surface area contributed by atoms with E-state index < -0.39 is 0 Å². The molecule has 3 rings (SSSR count). The molecule has 0 bridgehead atoms. The van der Waals surface area contributed by atoms with Crippen LogP contribution in [0.25, 0.3) is 5.69 Å². The normalized spacial score (nSPS) is 18.2. The van der Waals surface area contributed by atoms with Crippen molar-refractivity contribution in [3.8, 4) is 5.69 Å². The molecular weight excluding hydrogens is 295 g/mol. The topological polar surface area (TPSA) is 64.2 Å². The van der Waals surface area contributed by atoms with Crippen LogP contribution in [0.3, 0.4) is 0 Å². The largest absolute Gasteiger partial charge is 0.334 e. The van der Waals surface area contributed by atoms with Gasteiger partial charge in [0.2, 0.25) is 0 Å². The van der Waals surface area contributed by atoms with Gasteiger partial charge in [-0.25, -0.2) is 9.07 Å². The molecule has 0 spiro atoms. The second kappa shape index (κ2) is 6.50. The molecule has 23 heavy (non-hydrogen) atoms. The first-order chi connectivity index (χ1) is 11.1. The third-order valence-electron chi connectivity index (χ3n) is 4.47. The summed E-state index contributed by atoms with van der Waals surface area (Å²) >= 11 is 0. The Kier molecular flexibility index (Phi) is 4.43. The van der Waals surface area contributed by atoms with Crippen LogP contribution in [0.2, 0.25) is 0 Å². The molecular formula is C17H21FN4O. The number of benzene rings is 1. The van der Waals surface area contributed by atoms with Crippen molar-refractivity contribution in [3.63, 3.8) is 0 Å². The van der Waals surface area contributed by atoms with E-state index in [1.165, 1.54) is 12.1 Å². The number of hydrogen-bond acceptors (Lipinski definition) is 3. The zero-order valence-corrected chi connectivity index (χ0v) is 13.2. The predicted octanol–water partition coefficient (Wildman–Crippen LogP) is 2.27. The van der Waals surface area contributed by atoms with E-state index in [1.54, 1.807) is 23.0 Å². The van der Waals surface area contributed by atoms with E-state index in [4.69, 9.17) is 5.73 Å². The Labute approximate surface area is 134 Å². The molecule has 1 amide bonds. The number of piperidine rings is 1. The molecule has 2 heterocycles. The minimum Gasteiger partial charge on any atom is -0.334 e. The van der Waals surface area contributed by atoms with E-state index in [9.17, 15) is 9.18 Å². The molecule has 0 radical (unpaired) electrons. The van der Waals surface area contributed by atoms with Crippen molar-refractivity contribution in [1.29, 1.82) is 0 Å². The predicted molar refractivity (Wildman–Crippen MR) is 86.0 cm³/mol. The first-order valence-corrected chi connectivity index (χ1v) is 7.93. The average Bonchev–Trinajstić information content (AvgIpc) is 2.96. The second-order valence-electron chi connectivity index (χ2n) is 5.92. The summed E-state index contributed by atoms with van der Waals surface area (Å²) < 4.78 is 14.7. The molecule has 0 saturated carbocycles. The monoisotopic (exact) mass is 316 g/mol. The van der Waals surface area contributed by atoms with E-state index in [0.717, 1.165) is 37.2 Å². The lowest BCUT2D eigenvalue weighted by atomic mass is 10.0. The molecule has 0 aliphatic carbocycles. The Bertz CT molecular complexity index is 695. The van der Waals surface area contributed by atoms with Gasteiger partial charge >= 0.3 is 0 Å². The van der Waals surface area contributed by atoms with Gasteiger partial charge in [0.1, 0.15) is 5.82 Å². The first kappa shape index (κ1) is 15.7. The Hall–Kier alpha value is -2.21. The number of rotatable bonds is 3. The minimum absolute atomic E-state index is 0.0222. The molecule has 1 aliphatic rings. The van der Waals surface area contributed by atoms with Gasteiger partial charge in [-0.2, -0.15) is 5.10 Å². The molecule has 5 nitrogen and oxygen atoms in total. The summed E-state index contributed by atoms with van der Waals surface area (Å²) in [4.78, 5) is 14.7. The van der Waals surface area contributed by atoms with Crippen LogP contribution in [-0.4, -0.2) is 39.7 Å². The quantitative estimate of drug-likeness (QED) is 0.945. The fourth-order valence-corrected chi connectivity index (χ4v) is 3.13. The third kappa shape index (κ3) is 2.99. The van der Waals surface area contributed by atoms with E-state index in [-0.39, 0.29) is 17.8 Å². The van der Waals surface area contributed by atoms with Crippen LogP contribution >= 0.6 is 0 Å². The van der Waals surface area contributed by atoms with Crippen LogP contribution < -0.4 is 5.73 Å². The average molecular weight is 316 g/mol. The van der Waals surface area contributed by atoms with Crippen molar-refractivity contribution in [1.82, 2.24) is 14.7 Å². The maximum atomic E-state index is 13.1. The van der Waals surface area contributed by atoms with Gasteiger partial charge in [0.05, 0.1) is 23.1 Å². The number of carbonyl (C=O) groups excluding carboxylic acids is 1. The number of aromatic nitrogens is 2. The van der Waals surface area contributed by atoms with Gasteiger partial charge in [-0.1, -0.05) is 0 Å². The van der Waals surface area contributed by atoms with Crippen molar-refractivity contribution >= 4 is 5.91 Å². The van der Waals surface area contributed by atoms with Gasteiger partial charge in [-0.15, -0.1) is 0 Å². The van der Waals surface area contributed by atoms with Gasteiger partial charge < -0.3 is 10.6 Å². The molecule has 1 saturated heterocycles. The zero-order valence-electron chi connectivity index (χ0n) is 13.2. The molecule has 122 valence electrons. The van der Waals surface area contributed by atoms with Crippen LogP contribution in [0.15, 0.2) is 30.5 Å². The molecule has 6 heteroatoms. The highest BCUT2D eigenvalue weighted by Crippen LogP contribution is 2.22. The zero-order chi connectivity index (χ0) is 16.4. The van der Waals surface area contributed by atoms with Crippen molar-refractivity contribution in [2.45, 2.75) is 32.2 Å². The number of carbonyl (C=O) groups is 1. The SMILES string of the molecule is Cc1c(C(=O)N2CCCCC2CN)cnn1-c1ccc(F)cc1. The van der Waals surface area contributed by atoms with Gasteiger partial charge in [0, 0.05) is 19.1 Å². The number of hydrogen-bond donors (Lipinski definition) is 1. The third-order valence-corrected chi connectivity index (χ3v) is 4.47. The highest BCUT2D eigenvalue weighted by molar-refractivity contribution is 5.95. The van der Waals surface area contributed by atoms with Crippen LogP contribution in [-0.2, 0) is 0 Å². The van der Waals surface area contributed by atoms with Crippen LogP contribution in [0.1, 0.15) is 35.3 Å². The van der Waals surface area contributed by atoms with Crippen LogP contribution in [0, 0.1) is 12.7 Å². The molecule has 1 aromatic carbocycles. The van der Waals surface area contributed by atoms with Gasteiger partial charge in [0.15, 0.2) is 0 Å². The Morgan fingerprint density at radius 1 is 1.35 bits per heavy atom. The smallest absolute Gasteiger partial charge is 0.257 e. The number of amides is 1. The number of nitrogens with zero attached hydrogens (tertiary/aromatic N) is 3. The summed E-state index contributed by atoms with van der Waals surface area (Å²) in [6.07, 6.45) is 4.66.